The Kier molecular flexibility index (Phi) is 2.76. The molecule has 0 spiro atoms. The summed E-state index contributed by atoms with van der Waals surface area (Å²) in [5.41, 5.74) is 1.04. The maximum Gasteiger partial charge on any atom is 0.225 e. The van der Waals surface area contributed by atoms with E-state index >= 15 is 0 Å². The van der Waals surface area contributed by atoms with E-state index in [1.165, 1.54) is 24.6 Å². The topological polar surface area (TPSA) is 41.1 Å². The number of fused-ring (bicyclic) bond motifs is 3. The number of benzene rings is 1. The summed E-state index contributed by atoms with van der Waals surface area (Å²) < 4.78 is 0. The van der Waals surface area contributed by atoms with Gasteiger partial charge in [-0.15, -0.1) is 0 Å². The van der Waals surface area contributed by atoms with E-state index in [4.69, 9.17) is 4.98 Å². The first-order valence-corrected chi connectivity index (χ1v) is 7.62. The van der Waals surface area contributed by atoms with Crippen molar-refractivity contribution in [3.63, 3.8) is 0 Å². The third-order valence-corrected chi connectivity index (χ3v) is 4.60. The van der Waals surface area contributed by atoms with Crippen molar-refractivity contribution in [2.75, 3.05) is 23.3 Å². The minimum absolute atomic E-state index is 0.688. The molecule has 4 nitrogen and oxygen atoms in total. The van der Waals surface area contributed by atoms with Gasteiger partial charge in [-0.05, 0) is 44.2 Å². The predicted molar refractivity (Wildman–Crippen MR) is 82.2 cm³/mol. The molecule has 2 heterocycles. The zero-order valence-electron chi connectivity index (χ0n) is 11.8. The van der Waals surface area contributed by atoms with E-state index < -0.39 is 0 Å². The van der Waals surface area contributed by atoms with E-state index in [0.29, 0.717) is 6.04 Å². The molecule has 1 N–H and O–H groups in total. The van der Waals surface area contributed by atoms with Gasteiger partial charge in [0, 0.05) is 24.5 Å². The molecule has 2 unspecified atom stereocenters. The van der Waals surface area contributed by atoms with Crippen LogP contribution in [0, 0.1) is 5.92 Å². The van der Waals surface area contributed by atoms with Crippen LogP contribution in [0.5, 0.6) is 0 Å². The molecule has 1 aromatic carbocycles. The summed E-state index contributed by atoms with van der Waals surface area (Å²) in [6, 6.07) is 9.04. The number of aromatic nitrogens is 2. The van der Waals surface area contributed by atoms with Crippen molar-refractivity contribution in [2.45, 2.75) is 32.2 Å². The van der Waals surface area contributed by atoms with E-state index in [2.05, 4.69) is 40.3 Å². The van der Waals surface area contributed by atoms with Crippen LogP contribution >= 0.6 is 0 Å². The van der Waals surface area contributed by atoms with Crippen molar-refractivity contribution in [2.24, 2.45) is 5.92 Å². The number of piperidine rings is 1. The summed E-state index contributed by atoms with van der Waals surface area (Å²) in [6.07, 6.45) is 4.05. The van der Waals surface area contributed by atoms with Gasteiger partial charge in [0.2, 0.25) is 5.95 Å². The zero-order chi connectivity index (χ0) is 13.5. The van der Waals surface area contributed by atoms with Gasteiger partial charge in [0.25, 0.3) is 0 Å². The minimum Gasteiger partial charge on any atom is -0.354 e. The van der Waals surface area contributed by atoms with Gasteiger partial charge in [0.1, 0.15) is 5.82 Å². The van der Waals surface area contributed by atoms with E-state index in [1.807, 2.05) is 6.07 Å². The molecule has 1 saturated heterocycles. The highest BCUT2D eigenvalue weighted by Gasteiger charge is 2.39. The van der Waals surface area contributed by atoms with Gasteiger partial charge in [-0.1, -0.05) is 12.1 Å². The van der Waals surface area contributed by atoms with Crippen molar-refractivity contribution in [3.05, 3.63) is 24.3 Å². The van der Waals surface area contributed by atoms with E-state index in [-0.39, 0.29) is 0 Å². The summed E-state index contributed by atoms with van der Waals surface area (Å²) in [5, 5.41) is 4.44. The third-order valence-electron chi connectivity index (χ3n) is 4.60. The van der Waals surface area contributed by atoms with Gasteiger partial charge in [0.15, 0.2) is 0 Å². The minimum atomic E-state index is 0.688. The predicted octanol–water partition coefficient (Wildman–Crippen LogP) is 3.05. The van der Waals surface area contributed by atoms with Crippen molar-refractivity contribution in [1.29, 1.82) is 0 Å². The second kappa shape index (κ2) is 4.62. The van der Waals surface area contributed by atoms with Crippen molar-refractivity contribution in [3.8, 4) is 0 Å². The molecule has 1 aliphatic carbocycles. The van der Waals surface area contributed by atoms with Gasteiger partial charge >= 0.3 is 0 Å². The van der Waals surface area contributed by atoms with Crippen LogP contribution in [0.15, 0.2) is 24.3 Å². The van der Waals surface area contributed by atoms with Crippen LogP contribution in [0.3, 0.4) is 0 Å². The maximum absolute atomic E-state index is 4.80. The summed E-state index contributed by atoms with van der Waals surface area (Å²) in [7, 11) is 0. The highest BCUT2D eigenvalue weighted by molar-refractivity contribution is 5.90. The normalized spacial score (nSPS) is 24.6. The highest BCUT2D eigenvalue weighted by Crippen LogP contribution is 2.41. The molecule has 2 atom stereocenters. The second-order valence-corrected chi connectivity index (χ2v) is 5.90. The van der Waals surface area contributed by atoms with E-state index in [0.717, 1.165) is 36.3 Å². The van der Waals surface area contributed by atoms with Gasteiger partial charge < -0.3 is 10.2 Å². The number of nitrogens with one attached hydrogen (secondary N) is 1. The van der Waals surface area contributed by atoms with Crippen LogP contribution in [0.1, 0.15) is 26.2 Å². The fourth-order valence-corrected chi connectivity index (χ4v) is 3.70. The summed E-state index contributed by atoms with van der Waals surface area (Å²) in [5.74, 6) is 2.75. The molecule has 20 heavy (non-hydrogen) atoms. The molecule has 1 aliphatic heterocycles. The first kappa shape index (κ1) is 11.9. The first-order valence-electron chi connectivity index (χ1n) is 7.62. The van der Waals surface area contributed by atoms with Crippen LogP contribution in [0.2, 0.25) is 0 Å². The average molecular weight is 268 g/mol. The molecule has 104 valence electrons. The molecular formula is C16H20N4. The Bertz CT molecular complexity index is 639. The van der Waals surface area contributed by atoms with Crippen LogP contribution < -0.4 is 10.2 Å². The van der Waals surface area contributed by atoms with Crippen molar-refractivity contribution in [1.82, 2.24) is 9.97 Å². The smallest absolute Gasteiger partial charge is 0.225 e. The van der Waals surface area contributed by atoms with Crippen molar-refractivity contribution < 1.29 is 0 Å². The average Bonchev–Trinajstić information content (AvgIpc) is 3.09. The lowest BCUT2D eigenvalue weighted by molar-refractivity contribution is 0.551. The largest absolute Gasteiger partial charge is 0.354 e. The summed E-state index contributed by atoms with van der Waals surface area (Å²) in [6.45, 7) is 4.09. The first-order chi connectivity index (χ1) is 9.85. The SMILES string of the molecule is CCNc1nc(N2CC3CCC2C3)c2ccccc2n1. The molecule has 4 rings (SSSR count). The number of nitrogens with zero attached hydrogens (tertiary/aromatic N) is 3. The highest BCUT2D eigenvalue weighted by atomic mass is 15.3. The summed E-state index contributed by atoms with van der Waals surface area (Å²) >= 11 is 0. The summed E-state index contributed by atoms with van der Waals surface area (Å²) in [4.78, 5) is 11.9. The lowest BCUT2D eigenvalue weighted by atomic mass is 10.1. The Morgan fingerprint density at radius 3 is 2.90 bits per heavy atom. The Morgan fingerprint density at radius 2 is 2.15 bits per heavy atom. The van der Waals surface area contributed by atoms with Crippen LogP contribution in [0.25, 0.3) is 10.9 Å². The zero-order valence-corrected chi connectivity index (χ0v) is 11.8. The number of hydrogen-bond acceptors (Lipinski definition) is 4. The lowest BCUT2D eigenvalue weighted by Gasteiger charge is -2.29. The Hall–Kier alpha value is -1.84. The van der Waals surface area contributed by atoms with E-state index in [9.17, 15) is 0 Å². The fraction of sp³-hybridized carbons (Fsp3) is 0.500. The Balaban J connectivity index is 1.84. The monoisotopic (exact) mass is 268 g/mol. The van der Waals surface area contributed by atoms with Gasteiger partial charge in [-0.2, -0.15) is 4.98 Å². The molecule has 0 radical (unpaired) electrons. The molecule has 1 aromatic heterocycles. The molecular weight excluding hydrogens is 248 g/mol. The molecule has 2 aliphatic rings. The molecule has 2 aromatic rings. The van der Waals surface area contributed by atoms with Gasteiger partial charge in [-0.3, -0.25) is 0 Å². The van der Waals surface area contributed by atoms with Gasteiger partial charge in [0.05, 0.1) is 5.52 Å². The fourth-order valence-electron chi connectivity index (χ4n) is 3.70. The Morgan fingerprint density at radius 1 is 1.25 bits per heavy atom. The van der Waals surface area contributed by atoms with Gasteiger partial charge in [-0.25, -0.2) is 4.98 Å². The quantitative estimate of drug-likeness (QED) is 0.929. The van der Waals surface area contributed by atoms with E-state index in [1.54, 1.807) is 0 Å². The maximum atomic E-state index is 4.80. The van der Waals surface area contributed by atoms with Crippen LogP contribution in [0.4, 0.5) is 11.8 Å². The molecule has 2 bridgehead atoms. The number of anilines is 2. The number of para-hydroxylation sites is 1. The molecule has 2 fully saturated rings. The lowest BCUT2D eigenvalue weighted by Crippen LogP contribution is -2.33. The number of rotatable bonds is 3. The second-order valence-electron chi connectivity index (χ2n) is 5.90. The van der Waals surface area contributed by atoms with Crippen LogP contribution in [-0.4, -0.2) is 29.1 Å². The third kappa shape index (κ3) is 1.82. The van der Waals surface area contributed by atoms with Crippen LogP contribution in [-0.2, 0) is 0 Å². The Labute approximate surface area is 119 Å². The number of hydrogen-bond donors (Lipinski definition) is 1. The van der Waals surface area contributed by atoms with Crippen molar-refractivity contribution >= 4 is 22.7 Å². The molecule has 0 amide bonds. The molecule has 4 heteroatoms. The molecule has 1 saturated carbocycles. The standard InChI is InChI=1S/C16H20N4/c1-2-17-16-18-14-6-4-3-5-13(14)15(19-16)20-10-11-7-8-12(20)9-11/h3-6,11-12H,2,7-10H2,1H3,(H,17,18,19).